The fourth-order valence-electron chi connectivity index (χ4n) is 3.16. The molecule has 0 saturated heterocycles. The Morgan fingerprint density at radius 2 is 1.66 bits per heavy atom. The second-order valence-electron chi connectivity index (χ2n) is 6.95. The normalized spacial score (nSPS) is 11.7. The zero-order valence-electron chi connectivity index (χ0n) is 17.0. The Morgan fingerprint density at radius 1 is 1.00 bits per heavy atom. The van der Waals surface area contributed by atoms with Crippen molar-refractivity contribution in [3.05, 3.63) is 69.7 Å². The van der Waals surface area contributed by atoms with E-state index in [0.717, 1.165) is 18.4 Å². The molecule has 1 atom stereocenters. The summed E-state index contributed by atoms with van der Waals surface area (Å²) in [6.45, 7) is 4.94. The minimum atomic E-state index is -0.555. The summed E-state index contributed by atoms with van der Waals surface area (Å²) in [7, 11) is 0. The van der Waals surface area contributed by atoms with E-state index >= 15 is 0 Å². The first-order valence-electron chi connectivity index (χ1n) is 10.0. The molecular formula is C23H28Cl2N2O2. The summed E-state index contributed by atoms with van der Waals surface area (Å²) in [4.78, 5) is 27.7. The molecule has 4 nitrogen and oxygen atoms in total. The third-order valence-electron chi connectivity index (χ3n) is 4.80. The number of carbonyl (C=O) groups excluding carboxylic acids is 2. The van der Waals surface area contributed by atoms with Gasteiger partial charge in [-0.05, 0) is 36.1 Å². The molecule has 0 heterocycles. The monoisotopic (exact) mass is 434 g/mol. The molecule has 6 heteroatoms. The van der Waals surface area contributed by atoms with E-state index in [1.54, 1.807) is 23.1 Å². The van der Waals surface area contributed by atoms with Crippen LogP contribution in [0.5, 0.6) is 0 Å². The minimum Gasteiger partial charge on any atom is -0.354 e. The molecule has 0 aliphatic carbocycles. The zero-order chi connectivity index (χ0) is 21.2. The molecule has 2 rings (SSSR count). The van der Waals surface area contributed by atoms with Crippen LogP contribution in [-0.4, -0.2) is 29.3 Å². The lowest BCUT2D eigenvalue weighted by Crippen LogP contribution is -2.49. The molecule has 156 valence electrons. The molecule has 0 aromatic heterocycles. The Bertz CT molecular complexity index is 792. The van der Waals surface area contributed by atoms with E-state index < -0.39 is 6.04 Å². The number of hydrogen-bond donors (Lipinski definition) is 1. The van der Waals surface area contributed by atoms with Gasteiger partial charge >= 0.3 is 0 Å². The molecule has 2 aromatic rings. The Balaban J connectivity index is 2.27. The Morgan fingerprint density at radius 3 is 2.24 bits per heavy atom. The van der Waals surface area contributed by atoms with Crippen LogP contribution in [0.4, 0.5) is 0 Å². The van der Waals surface area contributed by atoms with Gasteiger partial charge in [0.05, 0.1) is 6.42 Å². The zero-order valence-corrected chi connectivity index (χ0v) is 18.5. The fraction of sp³-hybridized carbons (Fsp3) is 0.391. The van der Waals surface area contributed by atoms with Crippen molar-refractivity contribution in [1.29, 1.82) is 0 Å². The second kappa shape index (κ2) is 11.8. The summed E-state index contributed by atoms with van der Waals surface area (Å²) in [6.07, 6.45) is 2.47. The molecule has 0 aliphatic heterocycles. The van der Waals surface area contributed by atoms with Crippen LogP contribution in [-0.2, 0) is 22.6 Å². The molecule has 0 unspecified atom stereocenters. The number of halogens is 2. The van der Waals surface area contributed by atoms with Crippen LogP contribution in [0, 0.1) is 0 Å². The number of carbonyl (C=O) groups is 2. The van der Waals surface area contributed by atoms with Crippen molar-refractivity contribution in [2.45, 2.75) is 52.1 Å². The van der Waals surface area contributed by atoms with Gasteiger partial charge in [0.2, 0.25) is 11.8 Å². The van der Waals surface area contributed by atoms with Crippen molar-refractivity contribution in [1.82, 2.24) is 10.2 Å². The highest BCUT2D eigenvalue weighted by Crippen LogP contribution is 2.26. The number of amides is 2. The minimum absolute atomic E-state index is 0.0457. The highest BCUT2D eigenvalue weighted by molar-refractivity contribution is 6.36. The maximum absolute atomic E-state index is 13.3. The lowest BCUT2D eigenvalue weighted by molar-refractivity contribution is -0.140. The highest BCUT2D eigenvalue weighted by Gasteiger charge is 2.29. The van der Waals surface area contributed by atoms with Gasteiger partial charge in [-0.2, -0.15) is 0 Å². The van der Waals surface area contributed by atoms with Crippen molar-refractivity contribution in [2.75, 3.05) is 6.54 Å². The topological polar surface area (TPSA) is 49.4 Å². The summed E-state index contributed by atoms with van der Waals surface area (Å²) >= 11 is 12.5. The summed E-state index contributed by atoms with van der Waals surface area (Å²) in [6, 6.07) is 14.3. The summed E-state index contributed by atoms with van der Waals surface area (Å²) < 4.78 is 0. The standard InChI is InChI=1S/C23H28Cl2N2O2/c1-3-5-14-26-23(29)21(4-2)27(16-17-10-7-6-8-11-17)22(28)15-18-19(24)12-9-13-20(18)25/h6-13,21H,3-5,14-16H2,1-2H3,(H,26,29)/t21-/m1/s1. The van der Waals surface area contributed by atoms with Gasteiger partial charge in [0.15, 0.2) is 0 Å². The molecule has 2 aromatic carbocycles. The van der Waals surface area contributed by atoms with Crippen molar-refractivity contribution in [2.24, 2.45) is 0 Å². The van der Waals surface area contributed by atoms with Gasteiger partial charge in [-0.25, -0.2) is 0 Å². The summed E-state index contributed by atoms with van der Waals surface area (Å²) in [5, 5.41) is 3.86. The van der Waals surface area contributed by atoms with Crippen LogP contribution in [0.25, 0.3) is 0 Å². The van der Waals surface area contributed by atoms with Crippen molar-refractivity contribution >= 4 is 35.0 Å². The van der Waals surface area contributed by atoms with Crippen LogP contribution >= 0.6 is 23.2 Å². The smallest absolute Gasteiger partial charge is 0.242 e. The average Bonchev–Trinajstić information content (AvgIpc) is 2.71. The Hall–Kier alpha value is -2.04. The highest BCUT2D eigenvalue weighted by atomic mass is 35.5. The molecule has 0 fully saturated rings. The average molecular weight is 435 g/mol. The lowest BCUT2D eigenvalue weighted by atomic mass is 10.1. The maximum atomic E-state index is 13.3. The van der Waals surface area contributed by atoms with Gasteiger partial charge in [0, 0.05) is 23.1 Å². The van der Waals surface area contributed by atoms with Crippen molar-refractivity contribution < 1.29 is 9.59 Å². The lowest BCUT2D eigenvalue weighted by Gasteiger charge is -2.31. The maximum Gasteiger partial charge on any atom is 0.242 e. The predicted molar refractivity (Wildman–Crippen MR) is 119 cm³/mol. The third kappa shape index (κ3) is 6.76. The van der Waals surface area contributed by atoms with Crippen LogP contribution in [0.15, 0.2) is 48.5 Å². The van der Waals surface area contributed by atoms with Gasteiger partial charge in [0.1, 0.15) is 6.04 Å². The number of nitrogens with zero attached hydrogens (tertiary/aromatic N) is 1. The number of benzene rings is 2. The van der Waals surface area contributed by atoms with Gasteiger partial charge < -0.3 is 10.2 Å². The molecule has 2 amide bonds. The van der Waals surface area contributed by atoms with E-state index in [-0.39, 0.29) is 18.2 Å². The van der Waals surface area contributed by atoms with E-state index in [1.807, 2.05) is 37.3 Å². The van der Waals surface area contributed by atoms with E-state index in [2.05, 4.69) is 12.2 Å². The molecule has 0 radical (unpaired) electrons. The number of nitrogens with one attached hydrogen (secondary N) is 1. The molecule has 1 N–H and O–H groups in total. The Kier molecular flexibility index (Phi) is 9.49. The van der Waals surface area contributed by atoms with E-state index in [4.69, 9.17) is 23.2 Å². The molecular weight excluding hydrogens is 407 g/mol. The van der Waals surface area contributed by atoms with Gasteiger partial charge in [-0.3, -0.25) is 9.59 Å². The van der Waals surface area contributed by atoms with Crippen molar-refractivity contribution in [3.8, 4) is 0 Å². The predicted octanol–water partition coefficient (Wildman–Crippen LogP) is 5.26. The van der Waals surface area contributed by atoms with E-state index in [9.17, 15) is 9.59 Å². The largest absolute Gasteiger partial charge is 0.354 e. The van der Waals surface area contributed by atoms with Crippen LogP contribution in [0.3, 0.4) is 0 Å². The summed E-state index contributed by atoms with van der Waals surface area (Å²) in [5.41, 5.74) is 1.55. The van der Waals surface area contributed by atoms with Crippen molar-refractivity contribution in [3.63, 3.8) is 0 Å². The molecule has 0 bridgehead atoms. The SMILES string of the molecule is CCCCNC(=O)[C@@H](CC)N(Cc1ccccc1)C(=O)Cc1c(Cl)cccc1Cl. The van der Waals surface area contributed by atoms with Crippen LogP contribution in [0.2, 0.25) is 10.0 Å². The molecule has 29 heavy (non-hydrogen) atoms. The molecule has 0 saturated carbocycles. The number of rotatable bonds is 10. The first-order valence-corrected chi connectivity index (χ1v) is 10.8. The first kappa shape index (κ1) is 23.2. The van der Waals surface area contributed by atoms with E-state index in [0.29, 0.717) is 35.1 Å². The van der Waals surface area contributed by atoms with Gasteiger partial charge in [0.25, 0.3) is 0 Å². The number of hydrogen-bond acceptors (Lipinski definition) is 2. The molecule has 0 aliphatic rings. The molecule has 0 spiro atoms. The third-order valence-corrected chi connectivity index (χ3v) is 5.51. The van der Waals surface area contributed by atoms with Crippen LogP contribution < -0.4 is 5.32 Å². The fourth-order valence-corrected chi connectivity index (χ4v) is 3.69. The van der Waals surface area contributed by atoms with Crippen LogP contribution in [0.1, 0.15) is 44.2 Å². The Labute approximate surface area is 183 Å². The quantitative estimate of drug-likeness (QED) is 0.518. The second-order valence-corrected chi connectivity index (χ2v) is 7.77. The van der Waals surface area contributed by atoms with Gasteiger partial charge in [-0.15, -0.1) is 0 Å². The summed E-state index contributed by atoms with van der Waals surface area (Å²) in [5.74, 6) is -0.308. The van der Waals surface area contributed by atoms with Gasteiger partial charge in [-0.1, -0.05) is 79.9 Å². The first-order chi connectivity index (χ1) is 14.0. The van der Waals surface area contributed by atoms with E-state index in [1.165, 1.54) is 0 Å². The number of unbranched alkanes of at least 4 members (excludes halogenated alkanes) is 1.